The number of likely N-dealkylation sites (N-methyl/N-ethyl adjacent to an activating group) is 1. The SMILES string of the molecule is CC1CCN(CC(=O)N(C)C2CC2)C(CN)C1. The molecule has 4 heteroatoms. The summed E-state index contributed by atoms with van der Waals surface area (Å²) < 4.78 is 0. The lowest BCUT2D eigenvalue weighted by Crippen LogP contribution is -2.50. The number of carbonyl (C=O) groups excluding carboxylic acids is 1. The Morgan fingerprint density at radius 1 is 1.41 bits per heavy atom. The second-order valence-electron chi connectivity index (χ2n) is 5.73. The molecule has 98 valence electrons. The predicted octanol–water partition coefficient (Wildman–Crippen LogP) is 0.666. The van der Waals surface area contributed by atoms with Crippen LogP contribution < -0.4 is 5.73 Å². The summed E-state index contributed by atoms with van der Waals surface area (Å²) in [5.74, 6) is 1.01. The molecule has 2 fully saturated rings. The number of piperidine rings is 1. The Morgan fingerprint density at radius 2 is 2.12 bits per heavy atom. The first-order valence-electron chi connectivity index (χ1n) is 6.81. The van der Waals surface area contributed by atoms with Crippen LogP contribution in [0.4, 0.5) is 0 Å². The van der Waals surface area contributed by atoms with Crippen molar-refractivity contribution in [2.45, 2.75) is 44.7 Å². The number of nitrogens with zero attached hydrogens (tertiary/aromatic N) is 2. The van der Waals surface area contributed by atoms with E-state index >= 15 is 0 Å². The zero-order chi connectivity index (χ0) is 12.4. The number of likely N-dealkylation sites (tertiary alicyclic amines) is 1. The standard InChI is InChI=1S/C13H25N3O/c1-10-5-6-16(12(7-10)8-14)9-13(17)15(2)11-3-4-11/h10-12H,3-9,14H2,1-2H3. The molecule has 0 bridgehead atoms. The van der Waals surface area contributed by atoms with Crippen molar-refractivity contribution >= 4 is 5.91 Å². The van der Waals surface area contributed by atoms with Crippen LogP contribution in [-0.4, -0.2) is 54.5 Å². The Balaban J connectivity index is 1.85. The highest BCUT2D eigenvalue weighted by Crippen LogP contribution is 2.26. The summed E-state index contributed by atoms with van der Waals surface area (Å²) in [6, 6.07) is 0.915. The van der Waals surface area contributed by atoms with E-state index in [0.29, 0.717) is 25.2 Å². The fourth-order valence-corrected chi connectivity index (χ4v) is 2.70. The molecule has 1 saturated carbocycles. The zero-order valence-corrected chi connectivity index (χ0v) is 11.1. The van der Waals surface area contributed by atoms with Crippen LogP contribution in [0.3, 0.4) is 0 Å². The third kappa shape index (κ3) is 3.19. The summed E-state index contributed by atoms with van der Waals surface area (Å²) in [7, 11) is 1.93. The van der Waals surface area contributed by atoms with E-state index in [4.69, 9.17) is 5.73 Å². The molecule has 17 heavy (non-hydrogen) atoms. The van der Waals surface area contributed by atoms with Crippen LogP contribution in [0.5, 0.6) is 0 Å². The van der Waals surface area contributed by atoms with Gasteiger partial charge in [0.25, 0.3) is 0 Å². The van der Waals surface area contributed by atoms with Gasteiger partial charge in [-0.1, -0.05) is 6.92 Å². The highest BCUT2D eigenvalue weighted by molar-refractivity contribution is 5.78. The van der Waals surface area contributed by atoms with Crippen LogP contribution in [0.25, 0.3) is 0 Å². The van der Waals surface area contributed by atoms with Crippen molar-refractivity contribution in [2.24, 2.45) is 11.7 Å². The van der Waals surface area contributed by atoms with E-state index in [1.54, 1.807) is 0 Å². The summed E-state index contributed by atoms with van der Waals surface area (Å²) in [5.41, 5.74) is 5.81. The van der Waals surface area contributed by atoms with Gasteiger partial charge in [0.15, 0.2) is 0 Å². The maximum atomic E-state index is 12.1. The Kier molecular flexibility index (Phi) is 4.05. The van der Waals surface area contributed by atoms with Gasteiger partial charge in [0.1, 0.15) is 0 Å². The van der Waals surface area contributed by atoms with Crippen molar-refractivity contribution in [3.63, 3.8) is 0 Å². The average Bonchev–Trinajstić information content (AvgIpc) is 3.14. The highest BCUT2D eigenvalue weighted by atomic mass is 16.2. The van der Waals surface area contributed by atoms with E-state index in [9.17, 15) is 4.79 Å². The molecule has 2 rings (SSSR count). The molecule has 2 atom stereocenters. The molecule has 2 aliphatic rings. The molecular weight excluding hydrogens is 214 g/mol. The van der Waals surface area contributed by atoms with E-state index in [-0.39, 0.29) is 5.91 Å². The molecule has 0 aromatic heterocycles. The first-order chi connectivity index (χ1) is 8.11. The van der Waals surface area contributed by atoms with Crippen LogP contribution >= 0.6 is 0 Å². The van der Waals surface area contributed by atoms with Crippen molar-refractivity contribution in [1.82, 2.24) is 9.80 Å². The molecule has 1 saturated heterocycles. The lowest BCUT2D eigenvalue weighted by Gasteiger charge is -2.38. The van der Waals surface area contributed by atoms with Crippen LogP contribution in [0.1, 0.15) is 32.6 Å². The Hall–Kier alpha value is -0.610. The first kappa shape index (κ1) is 12.8. The highest BCUT2D eigenvalue weighted by Gasteiger charge is 2.32. The fourth-order valence-electron chi connectivity index (χ4n) is 2.70. The topological polar surface area (TPSA) is 49.6 Å². The molecule has 1 heterocycles. The molecule has 0 radical (unpaired) electrons. The maximum absolute atomic E-state index is 12.1. The minimum Gasteiger partial charge on any atom is -0.342 e. The predicted molar refractivity (Wildman–Crippen MR) is 68.6 cm³/mol. The number of rotatable bonds is 4. The second-order valence-corrected chi connectivity index (χ2v) is 5.73. The van der Waals surface area contributed by atoms with E-state index in [1.165, 1.54) is 19.3 Å². The van der Waals surface area contributed by atoms with Gasteiger partial charge in [-0.3, -0.25) is 9.69 Å². The van der Waals surface area contributed by atoms with E-state index in [1.807, 2.05) is 11.9 Å². The van der Waals surface area contributed by atoms with Gasteiger partial charge < -0.3 is 10.6 Å². The minimum absolute atomic E-state index is 0.264. The van der Waals surface area contributed by atoms with Gasteiger partial charge in [0.05, 0.1) is 6.54 Å². The largest absolute Gasteiger partial charge is 0.342 e. The lowest BCUT2D eigenvalue weighted by molar-refractivity contribution is -0.132. The molecule has 2 unspecified atom stereocenters. The summed E-state index contributed by atoms with van der Waals surface area (Å²) in [6.45, 7) is 4.53. The van der Waals surface area contributed by atoms with Gasteiger partial charge >= 0.3 is 0 Å². The average molecular weight is 239 g/mol. The first-order valence-corrected chi connectivity index (χ1v) is 6.81. The smallest absolute Gasteiger partial charge is 0.236 e. The number of amides is 1. The van der Waals surface area contributed by atoms with Crippen molar-refractivity contribution < 1.29 is 4.79 Å². The van der Waals surface area contributed by atoms with Crippen molar-refractivity contribution in [2.75, 3.05) is 26.7 Å². The molecule has 0 aromatic rings. The summed E-state index contributed by atoms with van der Waals surface area (Å²) >= 11 is 0. The Labute approximate surface area is 104 Å². The molecule has 1 aliphatic heterocycles. The summed E-state index contributed by atoms with van der Waals surface area (Å²) in [6.07, 6.45) is 4.69. The summed E-state index contributed by atoms with van der Waals surface area (Å²) in [4.78, 5) is 16.3. The number of hydrogen-bond acceptors (Lipinski definition) is 3. The number of carbonyl (C=O) groups is 1. The van der Waals surface area contributed by atoms with E-state index in [0.717, 1.165) is 18.9 Å². The van der Waals surface area contributed by atoms with Crippen LogP contribution in [0, 0.1) is 5.92 Å². The van der Waals surface area contributed by atoms with Crippen molar-refractivity contribution in [3.8, 4) is 0 Å². The van der Waals surface area contributed by atoms with Gasteiger partial charge in [-0.2, -0.15) is 0 Å². The van der Waals surface area contributed by atoms with Gasteiger partial charge in [0, 0.05) is 25.7 Å². The van der Waals surface area contributed by atoms with E-state index < -0.39 is 0 Å². The molecule has 4 nitrogen and oxygen atoms in total. The molecule has 0 spiro atoms. The second kappa shape index (κ2) is 5.36. The minimum atomic E-state index is 0.264. The summed E-state index contributed by atoms with van der Waals surface area (Å²) in [5, 5.41) is 0. The molecule has 1 amide bonds. The molecule has 2 N–H and O–H groups in total. The van der Waals surface area contributed by atoms with Crippen LogP contribution in [0.15, 0.2) is 0 Å². The lowest BCUT2D eigenvalue weighted by atomic mass is 9.92. The third-order valence-electron chi connectivity index (χ3n) is 4.20. The van der Waals surface area contributed by atoms with Gasteiger partial charge in [-0.05, 0) is 38.1 Å². The van der Waals surface area contributed by atoms with Crippen LogP contribution in [-0.2, 0) is 4.79 Å². The number of hydrogen-bond donors (Lipinski definition) is 1. The van der Waals surface area contributed by atoms with Gasteiger partial charge in [0.2, 0.25) is 5.91 Å². The monoisotopic (exact) mass is 239 g/mol. The van der Waals surface area contributed by atoms with E-state index in [2.05, 4.69) is 11.8 Å². The quantitative estimate of drug-likeness (QED) is 0.784. The normalized spacial score (nSPS) is 30.3. The Bertz CT molecular complexity index is 278. The molecular formula is C13H25N3O. The van der Waals surface area contributed by atoms with Crippen molar-refractivity contribution in [1.29, 1.82) is 0 Å². The number of nitrogens with two attached hydrogens (primary N) is 1. The maximum Gasteiger partial charge on any atom is 0.236 e. The Morgan fingerprint density at radius 3 is 2.71 bits per heavy atom. The van der Waals surface area contributed by atoms with Crippen molar-refractivity contribution in [3.05, 3.63) is 0 Å². The fraction of sp³-hybridized carbons (Fsp3) is 0.923. The van der Waals surface area contributed by atoms with Gasteiger partial charge in [-0.15, -0.1) is 0 Å². The van der Waals surface area contributed by atoms with Crippen LogP contribution in [0.2, 0.25) is 0 Å². The third-order valence-corrected chi connectivity index (χ3v) is 4.20. The zero-order valence-electron chi connectivity index (χ0n) is 11.1. The molecule has 1 aliphatic carbocycles. The molecule has 0 aromatic carbocycles. The van der Waals surface area contributed by atoms with Gasteiger partial charge in [-0.25, -0.2) is 0 Å².